The third kappa shape index (κ3) is 5.17. The lowest BCUT2D eigenvalue weighted by Crippen LogP contribution is -2.46. The molecule has 1 aromatic heterocycles. The number of benzene rings is 2. The normalized spacial score (nSPS) is 15.4. The predicted molar refractivity (Wildman–Crippen MR) is 132 cm³/mol. The summed E-state index contributed by atoms with van der Waals surface area (Å²) in [6, 6.07) is 14.4. The summed E-state index contributed by atoms with van der Waals surface area (Å²) in [6.07, 6.45) is 2.83. The molecule has 0 radical (unpaired) electrons. The molecule has 1 N–H and O–H groups in total. The van der Waals surface area contributed by atoms with E-state index in [-0.39, 0.29) is 0 Å². The fourth-order valence-electron chi connectivity index (χ4n) is 4.28. The van der Waals surface area contributed by atoms with E-state index < -0.39 is 0 Å². The van der Waals surface area contributed by atoms with E-state index in [2.05, 4.69) is 44.4 Å². The van der Waals surface area contributed by atoms with E-state index in [9.17, 15) is 0 Å². The van der Waals surface area contributed by atoms with E-state index in [0.29, 0.717) is 6.79 Å². The van der Waals surface area contributed by atoms with Gasteiger partial charge in [0.1, 0.15) is 11.6 Å². The molecule has 0 unspecified atom stereocenters. The summed E-state index contributed by atoms with van der Waals surface area (Å²) in [6.45, 7) is 7.80. The van der Waals surface area contributed by atoms with Gasteiger partial charge in [0.2, 0.25) is 12.7 Å². The highest BCUT2D eigenvalue weighted by molar-refractivity contribution is 5.48. The Bertz CT molecular complexity index is 1110. The van der Waals surface area contributed by atoms with Gasteiger partial charge in [-0.25, -0.2) is 4.98 Å². The molecule has 3 aromatic rings. The molecule has 8 nitrogen and oxygen atoms in total. The molecule has 1 fully saturated rings. The van der Waals surface area contributed by atoms with Crippen LogP contribution in [0.5, 0.6) is 17.2 Å². The zero-order chi connectivity index (χ0) is 23.3. The first-order valence-electron chi connectivity index (χ1n) is 11.7. The molecule has 2 aliphatic heterocycles. The van der Waals surface area contributed by atoms with E-state index in [0.717, 1.165) is 80.3 Å². The van der Waals surface area contributed by atoms with Gasteiger partial charge in [-0.15, -0.1) is 0 Å². The van der Waals surface area contributed by atoms with Crippen LogP contribution in [0.1, 0.15) is 16.7 Å². The minimum atomic E-state index is 0.312. The van der Waals surface area contributed by atoms with Gasteiger partial charge in [0.15, 0.2) is 11.5 Å². The second-order valence-electron chi connectivity index (χ2n) is 8.68. The third-order valence-corrected chi connectivity index (χ3v) is 6.32. The standard InChI is InChI=1S/C26H31N5O3/c1-19-16-28-26(29-25(19)27-10-9-20-3-6-22(32-2)7-4-20)31-13-11-30(12-14-31)17-21-5-8-23-24(15-21)34-18-33-23/h3-8,15-16H,9-14,17-18H2,1-2H3,(H,27,28,29). The Morgan fingerprint density at radius 2 is 1.74 bits per heavy atom. The highest BCUT2D eigenvalue weighted by atomic mass is 16.7. The summed E-state index contributed by atoms with van der Waals surface area (Å²) in [5.41, 5.74) is 3.56. The maximum atomic E-state index is 5.51. The first-order valence-corrected chi connectivity index (χ1v) is 11.7. The Balaban J connectivity index is 1.13. The van der Waals surface area contributed by atoms with Crippen LogP contribution in [-0.4, -0.2) is 61.5 Å². The van der Waals surface area contributed by atoms with E-state index >= 15 is 0 Å². The lowest BCUT2D eigenvalue weighted by Gasteiger charge is -2.35. The molecule has 0 saturated carbocycles. The minimum Gasteiger partial charge on any atom is -0.497 e. The number of fused-ring (bicyclic) bond motifs is 1. The smallest absolute Gasteiger partial charge is 0.231 e. The summed E-state index contributed by atoms with van der Waals surface area (Å²) in [5, 5.41) is 3.49. The number of hydrogen-bond acceptors (Lipinski definition) is 8. The van der Waals surface area contributed by atoms with Gasteiger partial charge in [-0.3, -0.25) is 4.90 Å². The lowest BCUT2D eigenvalue weighted by molar-refractivity contribution is 0.174. The summed E-state index contributed by atoms with van der Waals surface area (Å²) < 4.78 is 16.2. The Kier molecular flexibility index (Phi) is 6.67. The number of aromatic nitrogens is 2. The monoisotopic (exact) mass is 461 g/mol. The minimum absolute atomic E-state index is 0.312. The average Bonchev–Trinajstić information content (AvgIpc) is 3.34. The lowest BCUT2D eigenvalue weighted by atomic mass is 10.1. The number of nitrogens with one attached hydrogen (secondary N) is 1. The number of piperazine rings is 1. The first kappa shape index (κ1) is 22.3. The third-order valence-electron chi connectivity index (χ3n) is 6.32. The van der Waals surface area contributed by atoms with Crippen molar-refractivity contribution in [3.8, 4) is 17.2 Å². The molecule has 3 heterocycles. The van der Waals surface area contributed by atoms with Crippen LogP contribution < -0.4 is 24.4 Å². The molecule has 0 atom stereocenters. The zero-order valence-electron chi connectivity index (χ0n) is 19.8. The van der Waals surface area contributed by atoms with Gasteiger partial charge >= 0.3 is 0 Å². The van der Waals surface area contributed by atoms with Gasteiger partial charge in [-0.1, -0.05) is 18.2 Å². The maximum Gasteiger partial charge on any atom is 0.231 e. The van der Waals surface area contributed by atoms with Crippen LogP contribution in [0, 0.1) is 6.92 Å². The van der Waals surface area contributed by atoms with E-state index in [1.54, 1.807) is 7.11 Å². The molecule has 2 aliphatic rings. The second kappa shape index (κ2) is 10.2. The molecule has 5 rings (SSSR count). The van der Waals surface area contributed by atoms with Crippen molar-refractivity contribution in [1.29, 1.82) is 0 Å². The Morgan fingerprint density at radius 1 is 0.971 bits per heavy atom. The fourth-order valence-corrected chi connectivity index (χ4v) is 4.28. The summed E-state index contributed by atoms with van der Waals surface area (Å²) in [5.74, 6) is 4.25. The molecular weight excluding hydrogens is 430 g/mol. The number of nitrogens with zero attached hydrogens (tertiary/aromatic N) is 4. The van der Waals surface area contributed by atoms with Crippen LogP contribution >= 0.6 is 0 Å². The molecule has 1 saturated heterocycles. The first-order chi connectivity index (χ1) is 16.7. The van der Waals surface area contributed by atoms with Crippen molar-refractivity contribution in [2.24, 2.45) is 0 Å². The molecule has 0 aliphatic carbocycles. The number of ether oxygens (including phenoxy) is 3. The predicted octanol–water partition coefficient (Wildman–Crippen LogP) is 3.50. The van der Waals surface area contributed by atoms with Gasteiger partial charge in [-0.2, -0.15) is 4.98 Å². The summed E-state index contributed by atoms with van der Waals surface area (Å²) in [7, 11) is 1.69. The number of anilines is 2. The Hall–Kier alpha value is -3.52. The highest BCUT2D eigenvalue weighted by Gasteiger charge is 2.21. The van der Waals surface area contributed by atoms with Crippen molar-refractivity contribution in [1.82, 2.24) is 14.9 Å². The van der Waals surface area contributed by atoms with Gasteiger partial charge in [0.05, 0.1) is 7.11 Å². The molecule has 0 bridgehead atoms. The molecule has 8 heteroatoms. The molecular formula is C26H31N5O3. The summed E-state index contributed by atoms with van der Waals surface area (Å²) >= 11 is 0. The van der Waals surface area contributed by atoms with Crippen molar-refractivity contribution in [3.05, 3.63) is 65.4 Å². The molecule has 34 heavy (non-hydrogen) atoms. The molecule has 0 spiro atoms. The maximum absolute atomic E-state index is 5.51. The summed E-state index contributed by atoms with van der Waals surface area (Å²) in [4.78, 5) is 14.2. The second-order valence-corrected chi connectivity index (χ2v) is 8.68. The Labute approximate surface area is 200 Å². The molecule has 178 valence electrons. The van der Waals surface area contributed by atoms with Gasteiger partial charge in [-0.05, 0) is 48.7 Å². The van der Waals surface area contributed by atoms with Gasteiger partial charge in [0.25, 0.3) is 0 Å². The van der Waals surface area contributed by atoms with Gasteiger partial charge in [0, 0.05) is 51.0 Å². The van der Waals surface area contributed by atoms with Crippen LogP contribution in [0.2, 0.25) is 0 Å². The fraction of sp³-hybridized carbons (Fsp3) is 0.385. The van der Waals surface area contributed by atoms with Crippen molar-refractivity contribution in [2.75, 3.05) is 56.8 Å². The number of aryl methyl sites for hydroxylation is 1. The zero-order valence-corrected chi connectivity index (χ0v) is 19.8. The number of rotatable bonds is 8. The van der Waals surface area contributed by atoms with E-state index in [4.69, 9.17) is 19.2 Å². The largest absolute Gasteiger partial charge is 0.497 e. The van der Waals surface area contributed by atoms with Crippen molar-refractivity contribution in [2.45, 2.75) is 19.9 Å². The van der Waals surface area contributed by atoms with Crippen molar-refractivity contribution >= 4 is 11.8 Å². The topological polar surface area (TPSA) is 72.0 Å². The van der Waals surface area contributed by atoms with Crippen molar-refractivity contribution in [3.63, 3.8) is 0 Å². The number of methoxy groups -OCH3 is 1. The van der Waals surface area contributed by atoms with E-state index in [1.807, 2.05) is 31.3 Å². The Morgan fingerprint density at radius 3 is 2.53 bits per heavy atom. The van der Waals surface area contributed by atoms with E-state index in [1.165, 1.54) is 11.1 Å². The van der Waals surface area contributed by atoms with Crippen LogP contribution in [0.15, 0.2) is 48.7 Å². The quantitative estimate of drug-likeness (QED) is 0.547. The van der Waals surface area contributed by atoms with Crippen molar-refractivity contribution < 1.29 is 14.2 Å². The van der Waals surface area contributed by atoms with Crippen LogP contribution in [0.4, 0.5) is 11.8 Å². The molecule has 0 amide bonds. The van der Waals surface area contributed by atoms with Gasteiger partial charge < -0.3 is 24.4 Å². The average molecular weight is 462 g/mol. The SMILES string of the molecule is COc1ccc(CCNc2nc(N3CCN(Cc4ccc5c(c4)OCO5)CC3)ncc2C)cc1. The van der Waals surface area contributed by atoms with Crippen LogP contribution in [0.3, 0.4) is 0 Å². The van der Waals surface area contributed by atoms with Crippen LogP contribution in [-0.2, 0) is 13.0 Å². The molecule has 2 aromatic carbocycles. The number of hydrogen-bond donors (Lipinski definition) is 1. The highest BCUT2D eigenvalue weighted by Crippen LogP contribution is 2.33. The van der Waals surface area contributed by atoms with Crippen LogP contribution in [0.25, 0.3) is 0 Å².